The van der Waals surface area contributed by atoms with Crippen LogP contribution in [0, 0.1) is 0 Å². The van der Waals surface area contributed by atoms with Crippen molar-refractivity contribution in [2.24, 2.45) is 0 Å². The van der Waals surface area contributed by atoms with Crippen molar-refractivity contribution in [3.63, 3.8) is 0 Å². The summed E-state index contributed by atoms with van der Waals surface area (Å²) in [5.74, 6) is -0.994. The van der Waals surface area contributed by atoms with E-state index in [4.69, 9.17) is 34.8 Å². The molecule has 7 nitrogen and oxygen atoms in total. The van der Waals surface area contributed by atoms with Gasteiger partial charge in [-0.25, -0.2) is 8.42 Å². The minimum Gasteiger partial charge on any atom is -0.350 e. The van der Waals surface area contributed by atoms with Gasteiger partial charge in [0.2, 0.25) is 11.8 Å². The molecule has 3 aromatic rings. The molecule has 0 saturated heterocycles. The van der Waals surface area contributed by atoms with E-state index < -0.39 is 40.0 Å². The highest BCUT2D eigenvalue weighted by Gasteiger charge is 2.33. The van der Waals surface area contributed by atoms with Crippen molar-refractivity contribution in [3.8, 4) is 0 Å². The predicted molar refractivity (Wildman–Crippen MR) is 157 cm³/mol. The summed E-state index contributed by atoms with van der Waals surface area (Å²) in [7, 11) is -4.18. The Morgan fingerprint density at radius 2 is 1.49 bits per heavy atom. The maximum absolute atomic E-state index is 13.9. The molecule has 0 aromatic heterocycles. The van der Waals surface area contributed by atoms with Crippen LogP contribution in [0.1, 0.15) is 33.3 Å². The number of nitrogens with one attached hydrogen (secondary N) is 1. The number of anilines is 1. The SMILES string of the molecule is C[C@H](C(=O)NC(C)(C)C)N(Cc1ccc(Cl)cc1Cl)C(=O)CN(c1ccccc1)S(=O)(=O)c1ccc(Cl)cc1. The number of halogens is 3. The maximum Gasteiger partial charge on any atom is 0.264 e. The van der Waals surface area contributed by atoms with Crippen molar-refractivity contribution < 1.29 is 18.0 Å². The smallest absolute Gasteiger partial charge is 0.264 e. The topological polar surface area (TPSA) is 86.8 Å². The molecular weight excluding hydrogens is 581 g/mol. The van der Waals surface area contributed by atoms with Crippen molar-refractivity contribution in [2.75, 3.05) is 10.8 Å². The number of rotatable bonds is 9. The van der Waals surface area contributed by atoms with Crippen LogP contribution in [-0.2, 0) is 26.2 Å². The lowest BCUT2D eigenvalue weighted by Gasteiger charge is -2.33. The second-order valence-corrected chi connectivity index (χ2v) is 13.1. The number of carbonyl (C=O) groups excluding carboxylic acids is 2. The monoisotopic (exact) mass is 609 g/mol. The van der Waals surface area contributed by atoms with Gasteiger partial charge in [0, 0.05) is 27.2 Å². The van der Waals surface area contributed by atoms with Crippen LogP contribution in [0.2, 0.25) is 15.1 Å². The average molecular weight is 611 g/mol. The van der Waals surface area contributed by atoms with Crippen molar-refractivity contribution in [3.05, 3.63) is 93.4 Å². The third-order valence-electron chi connectivity index (χ3n) is 5.75. The van der Waals surface area contributed by atoms with Crippen LogP contribution >= 0.6 is 34.8 Å². The molecule has 1 atom stereocenters. The van der Waals surface area contributed by atoms with Gasteiger partial charge in [-0.1, -0.05) is 59.1 Å². The van der Waals surface area contributed by atoms with Gasteiger partial charge in [-0.05, 0) is 81.8 Å². The molecule has 0 bridgehead atoms. The highest BCUT2D eigenvalue weighted by molar-refractivity contribution is 7.92. The Labute approximate surface area is 244 Å². The third-order valence-corrected chi connectivity index (χ3v) is 8.37. The van der Waals surface area contributed by atoms with E-state index in [1.807, 2.05) is 20.8 Å². The Bertz CT molecular complexity index is 1430. The average Bonchev–Trinajstić information content (AvgIpc) is 2.86. The van der Waals surface area contributed by atoms with Gasteiger partial charge in [-0.2, -0.15) is 0 Å². The number of carbonyl (C=O) groups is 2. The maximum atomic E-state index is 13.9. The van der Waals surface area contributed by atoms with Crippen LogP contribution in [-0.4, -0.2) is 43.3 Å². The van der Waals surface area contributed by atoms with Crippen molar-refractivity contribution in [2.45, 2.75) is 50.7 Å². The normalized spacial score (nSPS) is 12.5. The van der Waals surface area contributed by atoms with Gasteiger partial charge in [-0.15, -0.1) is 0 Å². The van der Waals surface area contributed by atoms with Gasteiger partial charge >= 0.3 is 0 Å². The highest BCUT2D eigenvalue weighted by atomic mass is 35.5. The number of hydrogen-bond donors (Lipinski definition) is 1. The number of sulfonamides is 1. The Kier molecular flexibility index (Phi) is 9.93. The van der Waals surface area contributed by atoms with Crippen LogP contribution < -0.4 is 9.62 Å². The molecule has 3 aromatic carbocycles. The molecular formula is C28H30Cl3N3O4S. The number of benzene rings is 3. The van der Waals surface area contributed by atoms with Crippen molar-refractivity contribution in [1.82, 2.24) is 10.2 Å². The fraction of sp³-hybridized carbons (Fsp3) is 0.286. The number of para-hydroxylation sites is 1. The van der Waals surface area contributed by atoms with Crippen LogP contribution in [0.4, 0.5) is 5.69 Å². The van der Waals surface area contributed by atoms with E-state index in [0.29, 0.717) is 20.6 Å². The first kappa shape index (κ1) is 30.8. The summed E-state index contributed by atoms with van der Waals surface area (Å²) in [5, 5.41) is 3.99. The standard InChI is InChI=1S/C28H30Cl3N3O4S/c1-19(27(36)32-28(2,3)4)33(17-20-10-11-22(30)16-25(20)31)26(35)18-34(23-8-6-5-7-9-23)39(37,38)24-14-12-21(29)13-15-24/h5-16,19H,17-18H2,1-4H3,(H,32,36)/t19-/m1/s1. The quantitative estimate of drug-likeness (QED) is 0.314. The first-order valence-corrected chi connectivity index (χ1v) is 14.7. The van der Waals surface area contributed by atoms with E-state index in [9.17, 15) is 18.0 Å². The molecule has 39 heavy (non-hydrogen) atoms. The molecule has 0 radical (unpaired) electrons. The summed E-state index contributed by atoms with van der Waals surface area (Å²) in [6, 6.07) is 17.9. The highest BCUT2D eigenvalue weighted by Crippen LogP contribution is 2.27. The van der Waals surface area contributed by atoms with E-state index in [1.165, 1.54) is 29.2 Å². The molecule has 0 saturated carbocycles. The van der Waals surface area contributed by atoms with Gasteiger partial charge < -0.3 is 10.2 Å². The first-order valence-electron chi connectivity index (χ1n) is 12.1. The molecule has 0 fully saturated rings. The summed E-state index contributed by atoms with van der Waals surface area (Å²) in [4.78, 5) is 28.3. The largest absolute Gasteiger partial charge is 0.350 e. The van der Waals surface area contributed by atoms with Crippen LogP contribution in [0.3, 0.4) is 0 Å². The molecule has 0 spiro atoms. The van der Waals surface area contributed by atoms with Gasteiger partial charge in [0.1, 0.15) is 12.6 Å². The summed E-state index contributed by atoms with van der Waals surface area (Å²) >= 11 is 18.4. The van der Waals surface area contributed by atoms with Crippen molar-refractivity contribution >= 4 is 62.3 Å². The Hall–Kier alpha value is -2.78. The molecule has 0 aliphatic rings. The fourth-order valence-corrected chi connectivity index (χ4v) is 5.76. The molecule has 1 N–H and O–H groups in total. The predicted octanol–water partition coefficient (Wildman–Crippen LogP) is 6.17. The first-order chi connectivity index (χ1) is 18.2. The van der Waals surface area contributed by atoms with Crippen LogP contribution in [0.25, 0.3) is 0 Å². The zero-order valence-electron chi connectivity index (χ0n) is 22.0. The van der Waals surface area contributed by atoms with E-state index in [0.717, 1.165) is 4.31 Å². The molecule has 0 heterocycles. The van der Waals surface area contributed by atoms with Crippen LogP contribution in [0.5, 0.6) is 0 Å². The Balaban J connectivity index is 2.03. The zero-order valence-corrected chi connectivity index (χ0v) is 25.1. The lowest BCUT2D eigenvalue weighted by molar-refractivity contribution is -0.140. The molecule has 0 aliphatic heterocycles. The summed E-state index contributed by atoms with van der Waals surface area (Å²) in [5.41, 5.74) is 0.292. The van der Waals surface area contributed by atoms with E-state index in [1.54, 1.807) is 55.5 Å². The van der Waals surface area contributed by atoms with Gasteiger partial charge in [0.25, 0.3) is 10.0 Å². The van der Waals surface area contributed by atoms with Gasteiger partial charge in [-0.3, -0.25) is 13.9 Å². The van der Waals surface area contributed by atoms with Crippen molar-refractivity contribution in [1.29, 1.82) is 0 Å². The summed E-state index contributed by atoms with van der Waals surface area (Å²) in [6.45, 7) is 6.47. The van der Waals surface area contributed by atoms with E-state index in [2.05, 4.69) is 5.32 Å². The van der Waals surface area contributed by atoms with Gasteiger partial charge in [0.15, 0.2) is 0 Å². The third kappa shape index (κ3) is 8.11. The lowest BCUT2D eigenvalue weighted by atomic mass is 10.1. The second-order valence-electron chi connectivity index (χ2n) is 9.97. The molecule has 0 unspecified atom stereocenters. The summed E-state index contributed by atoms with van der Waals surface area (Å²) in [6.07, 6.45) is 0. The zero-order chi connectivity index (χ0) is 29.0. The number of nitrogens with zero attached hydrogens (tertiary/aromatic N) is 2. The van der Waals surface area contributed by atoms with Gasteiger partial charge in [0.05, 0.1) is 10.6 Å². The molecule has 2 amide bonds. The number of amides is 2. The minimum atomic E-state index is -4.18. The fourth-order valence-electron chi connectivity index (χ4n) is 3.75. The molecule has 0 aliphatic carbocycles. The Morgan fingerprint density at radius 3 is 2.05 bits per heavy atom. The lowest BCUT2D eigenvalue weighted by Crippen LogP contribution is -2.54. The molecule has 11 heteroatoms. The second kappa shape index (κ2) is 12.6. The van der Waals surface area contributed by atoms with E-state index >= 15 is 0 Å². The molecule has 208 valence electrons. The Morgan fingerprint density at radius 1 is 0.897 bits per heavy atom. The van der Waals surface area contributed by atoms with Crippen LogP contribution in [0.15, 0.2) is 77.7 Å². The van der Waals surface area contributed by atoms with E-state index in [-0.39, 0.29) is 17.1 Å². The number of hydrogen-bond acceptors (Lipinski definition) is 4. The summed E-state index contributed by atoms with van der Waals surface area (Å²) < 4.78 is 28.5. The molecule has 3 rings (SSSR count). The minimum absolute atomic E-state index is 0.0330.